The number of hydrogen-bond donors (Lipinski definition) is 4. The van der Waals surface area contributed by atoms with Gasteiger partial charge in [0.2, 0.25) is 11.8 Å². The highest BCUT2D eigenvalue weighted by Crippen LogP contribution is 2.45. The van der Waals surface area contributed by atoms with Crippen LogP contribution in [0.4, 0.5) is 4.39 Å². The van der Waals surface area contributed by atoms with Gasteiger partial charge in [-0.15, -0.1) is 0 Å². The lowest BCUT2D eigenvalue weighted by Gasteiger charge is -2.31. The molecule has 0 spiro atoms. The molecule has 11 nitrogen and oxygen atoms in total. The van der Waals surface area contributed by atoms with Crippen LogP contribution in [0.25, 0.3) is 22.3 Å². The molecule has 0 unspecified atom stereocenters. The summed E-state index contributed by atoms with van der Waals surface area (Å²) in [4.78, 5) is 55.3. The number of carbonyl (C=O) groups is 3. The van der Waals surface area contributed by atoms with Crippen LogP contribution in [0.2, 0.25) is 0 Å². The standard InChI is InChI=1S/C28H28FN5O6/c1-3-28(39)16-6-20-25-14(10-34(20)26(37)15(16)11-40-27(28)38)24-18(32-22(36)9-31-21(35)8-30)5-4-13-12(2)17(29)7-19(33-25)23(13)24/h6-7,18,39H,3-5,8-11,30H2,1-2H3,(H,31,35)(H,32,36)/t18-,28-/m0/s1. The number of aryl methyl sites for hydroxylation is 1. The molecule has 0 saturated heterocycles. The summed E-state index contributed by atoms with van der Waals surface area (Å²) >= 11 is 0. The molecule has 0 fully saturated rings. The maximum absolute atomic E-state index is 15.0. The van der Waals surface area contributed by atoms with Crippen molar-refractivity contribution in [3.63, 3.8) is 0 Å². The van der Waals surface area contributed by atoms with Crippen LogP contribution in [-0.4, -0.2) is 45.5 Å². The van der Waals surface area contributed by atoms with E-state index in [1.807, 2.05) is 0 Å². The number of nitrogens with one attached hydrogen (secondary N) is 2. The van der Waals surface area contributed by atoms with Crippen LogP contribution in [0.5, 0.6) is 0 Å². The van der Waals surface area contributed by atoms with E-state index in [1.165, 1.54) is 10.6 Å². The van der Waals surface area contributed by atoms with Gasteiger partial charge < -0.3 is 30.8 Å². The Morgan fingerprint density at radius 1 is 1.25 bits per heavy atom. The minimum atomic E-state index is -1.98. The molecule has 5 N–H and O–H groups in total. The number of hydrogen-bond acceptors (Lipinski definition) is 8. The molecule has 1 aromatic carbocycles. The summed E-state index contributed by atoms with van der Waals surface area (Å²) in [6, 6.07) is 2.46. The van der Waals surface area contributed by atoms with E-state index in [2.05, 4.69) is 10.6 Å². The number of halogens is 1. The molecule has 4 heterocycles. The predicted octanol–water partition coefficient (Wildman–Crippen LogP) is 0.706. The fourth-order valence-corrected chi connectivity index (χ4v) is 6.20. The number of fused-ring (bicyclic) bond motifs is 5. The van der Waals surface area contributed by atoms with Crippen molar-refractivity contribution in [1.29, 1.82) is 0 Å². The number of pyridine rings is 2. The second kappa shape index (κ2) is 9.20. The quantitative estimate of drug-likeness (QED) is 0.264. The summed E-state index contributed by atoms with van der Waals surface area (Å²) in [7, 11) is 0. The Kier molecular flexibility index (Phi) is 6.00. The lowest BCUT2D eigenvalue weighted by Crippen LogP contribution is -2.44. The summed E-state index contributed by atoms with van der Waals surface area (Å²) in [5.41, 5.74) is 7.24. The van der Waals surface area contributed by atoms with Gasteiger partial charge in [0.25, 0.3) is 5.56 Å². The Bertz CT molecular complexity index is 1720. The van der Waals surface area contributed by atoms with Crippen molar-refractivity contribution in [2.75, 3.05) is 13.1 Å². The number of benzene rings is 1. The molecule has 2 atom stereocenters. The fraction of sp³-hybridized carbons (Fsp3) is 0.393. The van der Waals surface area contributed by atoms with Gasteiger partial charge in [0, 0.05) is 22.6 Å². The second-order valence-corrected chi connectivity index (χ2v) is 10.5. The predicted molar refractivity (Wildman–Crippen MR) is 140 cm³/mol. The molecule has 0 bridgehead atoms. The third-order valence-electron chi connectivity index (χ3n) is 8.34. The van der Waals surface area contributed by atoms with Gasteiger partial charge in [0.1, 0.15) is 12.4 Å². The Labute approximate surface area is 227 Å². The largest absolute Gasteiger partial charge is 0.458 e. The molecule has 12 heteroatoms. The lowest BCUT2D eigenvalue weighted by atomic mass is 9.81. The van der Waals surface area contributed by atoms with Gasteiger partial charge >= 0.3 is 5.97 Å². The highest BCUT2D eigenvalue weighted by molar-refractivity contribution is 5.94. The number of rotatable bonds is 5. The van der Waals surface area contributed by atoms with Crippen LogP contribution in [0.15, 0.2) is 16.9 Å². The van der Waals surface area contributed by atoms with E-state index in [-0.39, 0.29) is 43.8 Å². The molecule has 2 aliphatic heterocycles. The zero-order chi connectivity index (χ0) is 28.5. The molecule has 3 aromatic rings. The summed E-state index contributed by atoms with van der Waals surface area (Å²) < 4.78 is 21.7. The maximum atomic E-state index is 15.0. The van der Waals surface area contributed by atoms with Crippen LogP contribution in [0, 0.1) is 12.7 Å². The molecule has 0 radical (unpaired) electrons. The fourth-order valence-electron chi connectivity index (χ4n) is 6.20. The maximum Gasteiger partial charge on any atom is 0.343 e. The van der Waals surface area contributed by atoms with Gasteiger partial charge in [-0.05, 0) is 48.9 Å². The third kappa shape index (κ3) is 3.66. The number of aromatic nitrogens is 2. The molecule has 2 amide bonds. The first kappa shape index (κ1) is 26.1. The van der Waals surface area contributed by atoms with E-state index in [9.17, 15) is 28.7 Å². The molecule has 0 saturated carbocycles. The number of nitrogens with two attached hydrogens (primary N) is 1. The summed E-state index contributed by atoms with van der Waals surface area (Å²) in [5.74, 6) is -2.11. The topological polar surface area (TPSA) is 166 Å². The van der Waals surface area contributed by atoms with E-state index in [0.29, 0.717) is 40.9 Å². The van der Waals surface area contributed by atoms with Crippen LogP contribution in [-0.2, 0) is 44.3 Å². The number of carbonyl (C=O) groups excluding carboxylic acids is 3. The van der Waals surface area contributed by atoms with Crippen molar-refractivity contribution in [2.45, 2.75) is 57.9 Å². The van der Waals surface area contributed by atoms with Gasteiger partial charge in [-0.25, -0.2) is 14.2 Å². The molecule has 208 valence electrons. The molecule has 3 aliphatic rings. The van der Waals surface area contributed by atoms with E-state index in [1.54, 1.807) is 19.9 Å². The summed E-state index contributed by atoms with van der Waals surface area (Å²) in [6.45, 7) is 2.72. The van der Waals surface area contributed by atoms with Crippen molar-refractivity contribution < 1.29 is 28.6 Å². The summed E-state index contributed by atoms with van der Waals surface area (Å²) in [6.07, 6.45) is 0.977. The number of esters is 1. The number of cyclic esters (lactones) is 1. The van der Waals surface area contributed by atoms with Gasteiger partial charge in [-0.3, -0.25) is 14.4 Å². The first-order valence-electron chi connectivity index (χ1n) is 13.2. The van der Waals surface area contributed by atoms with Gasteiger partial charge in [-0.2, -0.15) is 0 Å². The van der Waals surface area contributed by atoms with Crippen LogP contribution in [0.3, 0.4) is 0 Å². The number of amides is 2. The monoisotopic (exact) mass is 549 g/mol. The van der Waals surface area contributed by atoms with Crippen molar-refractivity contribution in [3.8, 4) is 11.4 Å². The first-order valence-corrected chi connectivity index (χ1v) is 13.2. The SMILES string of the molecule is CC[C@@]1(O)C(=O)OCc2c1cc1n(c2=O)Cc2c-1nc1cc(F)c(C)c3c1c2[C@@H](NC(=O)CNC(=O)CN)CC3. The average Bonchev–Trinajstić information content (AvgIpc) is 3.31. The van der Waals surface area contributed by atoms with E-state index >= 15 is 0 Å². The second-order valence-electron chi connectivity index (χ2n) is 10.5. The third-order valence-corrected chi connectivity index (χ3v) is 8.34. The molecular formula is C28H28FN5O6. The van der Waals surface area contributed by atoms with Crippen LogP contribution >= 0.6 is 0 Å². The molecular weight excluding hydrogens is 521 g/mol. The van der Waals surface area contributed by atoms with Crippen LogP contribution in [0.1, 0.15) is 59.2 Å². The van der Waals surface area contributed by atoms with E-state index in [4.69, 9.17) is 15.5 Å². The Hall–Kier alpha value is -4.16. The Morgan fingerprint density at radius 2 is 2.02 bits per heavy atom. The Morgan fingerprint density at radius 3 is 2.75 bits per heavy atom. The highest BCUT2D eigenvalue weighted by Gasteiger charge is 2.46. The zero-order valence-corrected chi connectivity index (χ0v) is 22.0. The van der Waals surface area contributed by atoms with E-state index in [0.717, 1.165) is 16.5 Å². The van der Waals surface area contributed by atoms with Gasteiger partial charge in [-0.1, -0.05) is 6.92 Å². The first-order chi connectivity index (χ1) is 19.1. The lowest BCUT2D eigenvalue weighted by molar-refractivity contribution is -0.172. The number of nitrogens with zero attached hydrogens (tertiary/aromatic N) is 2. The summed E-state index contributed by atoms with van der Waals surface area (Å²) in [5, 5.41) is 17.3. The van der Waals surface area contributed by atoms with Crippen molar-refractivity contribution in [1.82, 2.24) is 20.2 Å². The van der Waals surface area contributed by atoms with Crippen molar-refractivity contribution in [3.05, 3.63) is 61.7 Å². The minimum Gasteiger partial charge on any atom is -0.458 e. The van der Waals surface area contributed by atoms with E-state index < -0.39 is 40.8 Å². The minimum absolute atomic E-state index is 0.00757. The number of aliphatic hydroxyl groups is 1. The highest BCUT2D eigenvalue weighted by atomic mass is 19.1. The number of ether oxygens (including phenoxy) is 1. The average molecular weight is 550 g/mol. The van der Waals surface area contributed by atoms with Gasteiger partial charge in [0.15, 0.2) is 5.60 Å². The molecule has 2 aromatic heterocycles. The van der Waals surface area contributed by atoms with Crippen molar-refractivity contribution >= 4 is 28.7 Å². The van der Waals surface area contributed by atoms with Crippen molar-refractivity contribution in [2.24, 2.45) is 5.73 Å². The smallest absolute Gasteiger partial charge is 0.343 e. The Balaban J connectivity index is 1.55. The van der Waals surface area contributed by atoms with Crippen LogP contribution < -0.4 is 21.9 Å². The molecule has 1 aliphatic carbocycles. The molecule has 40 heavy (non-hydrogen) atoms. The zero-order valence-electron chi connectivity index (χ0n) is 22.0. The normalized spacial score (nSPS) is 20.4. The van der Waals surface area contributed by atoms with Gasteiger partial charge in [0.05, 0.1) is 48.1 Å². The molecule has 6 rings (SSSR count).